The molecule has 3 nitrogen and oxygen atoms in total. The Bertz CT molecular complexity index is 805. The summed E-state index contributed by atoms with van der Waals surface area (Å²) in [6.07, 6.45) is 46.4. The molecular formula is C46H82O3. The zero-order valence-electron chi connectivity index (χ0n) is 32.7. The van der Waals surface area contributed by atoms with Gasteiger partial charge in [0.15, 0.2) is 0 Å². The summed E-state index contributed by atoms with van der Waals surface area (Å²) in [5.74, 6) is 0. The molecule has 0 saturated heterocycles. The highest BCUT2D eigenvalue weighted by Crippen LogP contribution is 2.32. The van der Waals surface area contributed by atoms with Crippen molar-refractivity contribution in [2.24, 2.45) is 0 Å². The second-order valence-corrected chi connectivity index (χ2v) is 14.9. The third-order valence-electron chi connectivity index (χ3n) is 10.4. The maximum Gasteiger partial charge on any atom is 0.106 e. The van der Waals surface area contributed by atoms with Gasteiger partial charge in [-0.15, -0.1) is 0 Å². The first-order chi connectivity index (χ1) is 24.2. The molecule has 0 aliphatic rings. The smallest absolute Gasteiger partial charge is 0.106 e. The van der Waals surface area contributed by atoms with Gasteiger partial charge in [-0.3, -0.25) is 0 Å². The van der Waals surface area contributed by atoms with Gasteiger partial charge in [0.1, 0.15) is 6.10 Å². The van der Waals surface area contributed by atoms with Crippen molar-refractivity contribution in [2.75, 3.05) is 6.61 Å². The zero-order valence-corrected chi connectivity index (χ0v) is 32.7. The zero-order chi connectivity index (χ0) is 35.4. The number of aliphatic hydroxyl groups is 2. The van der Waals surface area contributed by atoms with Gasteiger partial charge in [-0.25, -0.2) is 0 Å². The highest BCUT2D eigenvalue weighted by atomic mass is 16.5. The van der Waals surface area contributed by atoms with Crippen LogP contribution in [0.4, 0.5) is 0 Å². The fraction of sp³-hybridized carbons (Fsp3) is 0.783. The van der Waals surface area contributed by atoms with E-state index in [1.165, 1.54) is 154 Å². The van der Waals surface area contributed by atoms with Gasteiger partial charge in [0.2, 0.25) is 0 Å². The third kappa shape index (κ3) is 27.0. The fourth-order valence-electron chi connectivity index (χ4n) is 7.01. The van der Waals surface area contributed by atoms with Crippen LogP contribution >= 0.6 is 0 Å². The van der Waals surface area contributed by atoms with Gasteiger partial charge in [0.25, 0.3) is 0 Å². The van der Waals surface area contributed by atoms with Crippen LogP contribution in [0.15, 0.2) is 54.6 Å². The molecule has 284 valence electrons. The molecule has 1 atom stereocenters. The molecule has 0 aliphatic heterocycles. The lowest BCUT2D eigenvalue weighted by molar-refractivity contribution is -0.154. The van der Waals surface area contributed by atoms with Crippen molar-refractivity contribution in [2.45, 2.75) is 225 Å². The molecule has 0 spiro atoms. The summed E-state index contributed by atoms with van der Waals surface area (Å²) in [6, 6.07) is 10.3. The summed E-state index contributed by atoms with van der Waals surface area (Å²) < 4.78 is 6.59. The van der Waals surface area contributed by atoms with Gasteiger partial charge in [0.05, 0.1) is 18.8 Å². The van der Waals surface area contributed by atoms with Crippen LogP contribution in [0.5, 0.6) is 0 Å². The van der Waals surface area contributed by atoms with E-state index in [9.17, 15) is 10.2 Å². The fourth-order valence-corrected chi connectivity index (χ4v) is 7.01. The molecular weight excluding hydrogens is 601 g/mol. The summed E-state index contributed by atoms with van der Waals surface area (Å²) in [5.41, 5.74) is 0.450. The minimum atomic E-state index is -0.845. The first-order valence-electron chi connectivity index (χ1n) is 21.4. The van der Waals surface area contributed by atoms with Crippen molar-refractivity contribution < 1.29 is 14.9 Å². The largest absolute Gasteiger partial charge is 0.394 e. The lowest BCUT2D eigenvalue weighted by Gasteiger charge is -2.38. The normalized spacial score (nSPS) is 13.9. The number of allylic oxidation sites excluding steroid dienone is 4. The molecule has 0 aliphatic carbocycles. The molecule has 0 radical (unpaired) electrons. The van der Waals surface area contributed by atoms with E-state index in [0.717, 1.165) is 44.1 Å². The van der Waals surface area contributed by atoms with Crippen LogP contribution in [0, 0.1) is 0 Å². The van der Waals surface area contributed by atoms with E-state index < -0.39 is 11.7 Å². The van der Waals surface area contributed by atoms with Crippen molar-refractivity contribution in [3.63, 3.8) is 0 Å². The Labute approximate surface area is 305 Å². The van der Waals surface area contributed by atoms with Crippen LogP contribution < -0.4 is 0 Å². The molecule has 1 rings (SSSR count). The van der Waals surface area contributed by atoms with Crippen molar-refractivity contribution in [3.05, 3.63) is 60.2 Å². The van der Waals surface area contributed by atoms with Crippen LogP contribution in [0.25, 0.3) is 0 Å². The van der Waals surface area contributed by atoms with Crippen molar-refractivity contribution in [1.29, 1.82) is 0 Å². The predicted molar refractivity (Wildman–Crippen MR) is 215 cm³/mol. The molecule has 0 amide bonds. The van der Waals surface area contributed by atoms with E-state index in [1.807, 2.05) is 18.2 Å². The number of ether oxygens (including phenoxy) is 1. The Morgan fingerprint density at radius 1 is 0.510 bits per heavy atom. The second kappa shape index (κ2) is 35.0. The molecule has 0 saturated carbocycles. The van der Waals surface area contributed by atoms with Crippen molar-refractivity contribution >= 4 is 0 Å². The molecule has 3 heteroatoms. The average Bonchev–Trinajstić information content (AvgIpc) is 3.13. The average molecular weight is 683 g/mol. The molecule has 0 fully saturated rings. The van der Waals surface area contributed by atoms with E-state index in [0.29, 0.717) is 6.61 Å². The van der Waals surface area contributed by atoms with Gasteiger partial charge in [-0.2, -0.15) is 0 Å². The number of hydrogen-bond donors (Lipinski definition) is 2. The first kappa shape index (κ1) is 45.6. The van der Waals surface area contributed by atoms with Crippen LogP contribution in [-0.2, 0) is 11.3 Å². The Kier molecular flexibility index (Phi) is 32.6. The molecule has 49 heavy (non-hydrogen) atoms. The lowest BCUT2D eigenvalue weighted by atomic mass is 9.84. The monoisotopic (exact) mass is 683 g/mol. The molecule has 0 heterocycles. The van der Waals surface area contributed by atoms with Crippen molar-refractivity contribution in [1.82, 2.24) is 0 Å². The quantitative estimate of drug-likeness (QED) is 0.0542. The highest BCUT2D eigenvalue weighted by molar-refractivity contribution is 5.13. The molecule has 1 unspecified atom stereocenters. The first-order valence-corrected chi connectivity index (χ1v) is 21.4. The third-order valence-corrected chi connectivity index (χ3v) is 10.4. The molecule has 0 aromatic heterocycles. The summed E-state index contributed by atoms with van der Waals surface area (Å²) >= 11 is 0. The van der Waals surface area contributed by atoms with Gasteiger partial charge in [-0.1, -0.05) is 197 Å². The summed E-state index contributed by atoms with van der Waals surface area (Å²) in [5, 5.41) is 21.2. The SMILES string of the molecule is CCCCCCCCC=CCCCCCCCCC(CCCCCCCCC=CCCCCCCCC)(OCc1ccccc1)C(O)CO. The standard InChI is InChI=1S/C46H82O3/c1-3-5-7-9-11-13-15-17-19-21-23-25-27-29-31-36-40-46(45(48)42-47,49-43-44-38-34-33-35-39-44)41-37-32-30-28-26-24-22-20-18-16-14-12-10-8-6-4-2/h17-20,33-35,38-39,45,47-48H,3-16,21-32,36-37,40-43H2,1-2H3. The van der Waals surface area contributed by atoms with Crippen LogP contribution in [0.2, 0.25) is 0 Å². The van der Waals surface area contributed by atoms with E-state index in [4.69, 9.17) is 4.74 Å². The van der Waals surface area contributed by atoms with Crippen LogP contribution in [-0.4, -0.2) is 28.5 Å². The Morgan fingerprint density at radius 2 is 0.857 bits per heavy atom. The number of aliphatic hydroxyl groups excluding tert-OH is 2. The number of rotatable bonds is 37. The Balaban J connectivity index is 2.33. The molecule has 0 bridgehead atoms. The molecule has 2 N–H and O–H groups in total. The minimum absolute atomic E-state index is 0.243. The molecule has 1 aromatic rings. The number of unbranched alkanes of at least 4 members (excludes halogenated alkanes) is 24. The van der Waals surface area contributed by atoms with Crippen LogP contribution in [0.3, 0.4) is 0 Å². The molecule has 1 aromatic carbocycles. The van der Waals surface area contributed by atoms with E-state index in [1.54, 1.807) is 0 Å². The number of benzene rings is 1. The lowest BCUT2D eigenvalue weighted by Crippen LogP contribution is -2.47. The van der Waals surface area contributed by atoms with Crippen molar-refractivity contribution in [3.8, 4) is 0 Å². The number of hydrogen-bond acceptors (Lipinski definition) is 3. The van der Waals surface area contributed by atoms with Gasteiger partial charge >= 0.3 is 0 Å². The summed E-state index contributed by atoms with van der Waals surface area (Å²) in [7, 11) is 0. The van der Waals surface area contributed by atoms with E-state index in [2.05, 4.69) is 50.3 Å². The van der Waals surface area contributed by atoms with E-state index in [-0.39, 0.29) is 6.61 Å². The van der Waals surface area contributed by atoms with Gasteiger partial charge in [0, 0.05) is 0 Å². The maximum absolute atomic E-state index is 11.1. The maximum atomic E-state index is 11.1. The Morgan fingerprint density at radius 3 is 1.22 bits per heavy atom. The summed E-state index contributed by atoms with van der Waals surface area (Å²) in [4.78, 5) is 0. The Hall–Kier alpha value is -1.42. The van der Waals surface area contributed by atoms with Gasteiger partial charge < -0.3 is 14.9 Å². The van der Waals surface area contributed by atoms with Gasteiger partial charge in [-0.05, 0) is 69.8 Å². The highest BCUT2D eigenvalue weighted by Gasteiger charge is 2.37. The van der Waals surface area contributed by atoms with E-state index >= 15 is 0 Å². The predicted octanol–water partition coefficient (Wildman–Crippen LogP) is 14.2. The second-order valence-electron chi connectivity index (χ2n) is 14.9. The minimum Gasteiger partial charge on any atom is -0.394 e. The topological polar surface area (TPSA) is 49.7 Å². The van der Waals surface area contributed by atoms with Crippen LogP contribution in [0.1, 0.15) is 212 Å². The summed E-state index contributed by atoms with van der Waals surface area (Å²) in [6.45, 7) is 4.80.